The summed E-state index contributed by atoms with van der Waals surface area (Å²) in [6.45, 7) is 5.07. The van der Waals surface area contributed by atoms with Crippen molar-refractivity contribution in [1.29, 1.82) is 0 Å². The number of nitrogens with two attached hydrogens (primary N) is 1. The van der Waals surface area contributed by atoms with E-state index in [9.17, 15) is 10.1 Å². The van der Waals surface area contributed by atoms with E-state index in [2.05, 4.69) is 4.98 Å². The minimum absolute atomic E-state index is 0.0550. The van der Waals surface area contributed by atoms with Gasteiger partial charge < -0.3 is 15.4 Å². The summed E-state index contributed by atoms with van der Waals surface area (Å²) in [5, 5.41) is 10.8. The van der Waals surface area contributed by atoms with E-state index in [1.165, 1.54) is 12.1 Å². The van der Waals surface area contributed by atoms with Gasteiger partial charge in [0.05, 0.1) is 23.7 Å². The number of aromatic nitrogens is 1. The number of nitrogen functional groups attached to an aromatic ring is 1. The zero-order valence-corrected chi connectivity index (χ0v) is 10.8. The van der Waals surface area contributed by atoms with Crippen molar-refractivity contribution < 1.29 is 9.66 Å². The van der Waals surface area contributed by atoms with Gasteiger partial charge >= 0.3 is 0 Å². The topological polar surface area (TPSA) is 94.5 Å². The molecule has 7 nitrogen and oxygen atoms in total. The fourth-order valence-corrected chi connectivity index (χ4v) is 1.60. The number of rotatable bonds is 6. The Morgan fingerprint density at radius 3 is 2.72 bits per heavy atom. The van der Waals surface area contributed by atoms with Crippen molar-refractivity contribution in [1.82, 2.24) is 4.98 Å². The lowest BCUT2D eigenvalue weighted by atomic mass is 10.3. The van der Waals surface area contributed by atoms with Crippen LogP contribution in [0.3, 0.4) is 0 Å². The van der Waals surface area contributed by atoms with Crippen molar-refractivity contribution in [3.8, 4) is 0 Å². The number of methoxy groups -OCH3 is 1. The molecule has 2 N–H and O–H groups in total. The molecule has 0 atom stereocenters. The quantitative estimate of drug-likeness (QED) is 0.609. The highest BCUT2D eigenvalue weighted by molar-refractivity contribution is 5.54. The van der Waals surface area contributed by atoms with Crippen molar-refractivity contribution in [2.45, 2.75) is 19.9 Å². The van der Waals surface area contributed by atoms with Gasteiger partial charge in [-0.1, -0.05) is 0 Å². The van der Waals surface area contributed by atoms with Gasteiger partial charge in [0.2, 0.25) is 0 Å². The van der Waals surface area contributed by atoms with Crippen molar-refractivity contribution >= 4 is 17.3 Å². The van der Waals surface area contributed by atoms with Crippen LogP contribution in [-0.4, -0.2) is 36.2 Å². The second-order valence-electron chi connectivity index (χ2n) is 4.15. The summed E-state index contributed by atoms with van der Waals surface area (Å²) in [6, 6.07) is 2.82. The summed E-state index contributed by atoms with van der Waals surface area (Å²) in [4.78, 5) is 16.4. The second kappa shape index (κ2) is 6.15. The first-order valence-electron chi connectivity index (χ1n) is 5.63. The Kier molecular flexibility index (Phi) is 4.85. The lowest BCUT2D eigenvalue weighted by Crippen LogP contribution is -2.34. The smallest absolute Gasteiger partial charge is 0.276 e. The van der Waals surface area contributed by atoms with Crippen LogP contribution in [0.1, 0.15) is 13.8 Å². The van der Waals surface area contributed by atoms with Crippen molar-refractivity contribution in [2.24, 2.45) is 0 Å². The summed E-state index contributed by atoms with van der Waals surface area (Å²) in [6.07, 6.45) is 0. The lowest BCUT2D eigenvalue weighted by molar-refractivity contribution is -0.384. The summed E-state index contributed by atoms with van der Waals surface area (Å²) in [5.41, 5.74) is 5.54. The van der Waals surface area contributed by atoms with E-state index in [1.54, 1.807) is 7.11 Å². The van der Waals surface area contributed by atoms with Crippen LogP contribution < -0.4 is 10.6 Å². The van der Waals surface area contributed by atoms with Crippen molar-refractivity contribution in [3.63, 3.8) is 0 Å². The van der Waals surface area contributed by atoms with Gasteiger partial charge in [-0.05, 0) is 13.8 Å². The number of hydrogen-bond acceptors (Lipinski definition) is 6. The Morgan fingerprint density at radius 2 is 2.22 bits per heavy atom. The molecule has 0 aliphatic rings. The molecule has 1 rings (SSSR count). The Hall–Kier alpha value is -1.89. The highest BCUT2D eigenvalue weighted by Crippen LogP contribution is 2.23. The molecule has 0 saturated carbocycles. The fourth-order valence-electron chi connectivity index (χ4n) is 1.60. The molecular formula is C11H18N4O3. The monoisotopic (exact) mass is 254 g/mol. The molecule has 1 aromatic heterocycles. The van der Waals surface area contributed by atoms with Crippen LogP contribution in [0, 0.1) is 10.1 Å². The molecule has 0 spiro atoms. The Morgan fingerprint density at radius 1 is 1.56 bits per heavy atom. The standard InChI is InChI=1S/C11H18N4O3/c1-8(2)14(4-5-18-3)11-7-9(15(16)17)6-10(12)13-11/h6-8H,4-5H2,1-3H3,(H2,12,13). The number of anilines is 2. The lowest BCUT2D eigenvalue weighted by Gasteiger charge is -2.27. The van der Waals surface area contributed by atoms with Gasteiger partial charge in [-0.2, -0.15) is 0 Å². The normalized spacial score (nSPS) is 10.7. The zero-order valence-electron chi connectivity index (χ0n) is 10.8. The number of ether oxygens (including phenoxy) is 1. The first kappa shape index (κ1) is 14.2. The number of pyridine rings is 1. The first-order chi connectivity index (χ1) is 8.45. The van der Waals surface area contributed by atoms with Gasteiger partial charge in [-0.25, -0.2) is 4.98 Å². The third kappa shape index (κ3) is 3.56. The van der Waals surface area contributed by atoms with E-state index in [0.29, 0.717) is 19.0 Å². The van der Waals surface area contributed by atoms with E-state index < -0.39 is 4.92 Å². The minimum atomic E-state index is -0.476. The van der Waals surface area contributed by atoms with Crippen LogP contribution in [-0.2, 0) is 4.74 Å². The Balaban J connectivity index is 3.07. The summed E-state index contributed by atoms with van der Waals surface area (Å²) in [7, 11) is 1.60. The van der Waals surface area contributed by atoms with Gasteiger partial charge in [-0.3, -0.25) is 10.1 Å². The maximum absolute atomic E-state index is 10.8. The largest absolute Gasteiger partial charge is 0.383 e. The van der Waals surface area contributed by atoms with Gasteiger partial charge in [0.15, 0.2) is 0 Å². The van der Waals surface area contributed by atoms with Crippen LogP contribution in [0.25, 0.3) is 0 Å². The summed E-state index contributed by atoms with van der Waals surface area (Å²) >= 11 is 0. The highest BCUT2D eigenvalue weighted by atomic mass is 16.6. The van der Waals surface area contributed by atoms with Gasteiger partial charge in [-0.15, -0.1) is 0 Å². The second-order valence-corrected chi connectivity index (χ2v) is 4.15. The van der Waals surface area contributed by atoms with Crippen molar-refractivity contribution in [3.05, 3.63) is 22.2 Å². The number of nitro groups is 1. The minimum Gasteiger partial charge on any atom is -0.383 e. The molecule has 7 heteroatoms. The molecule has 0 saturated heterocycles. The van der Waals surface area contributed by atoms with Gasteiger partial charge in [0.1, 0.15) is 11.6 Å². The van der Waals surface area contributed by atoms with E-state index in [4.69, 9.17) is 10.5 Å². The molecule has 0 fully saturated rings. The number of hydrogen-bond donors (Lipinski definition) is 1. The van der Waals surface area contributed by atoms with Crippen LogP contribution in [0.15, 0.2) is 12.1 Å². The van der Waals surface area contributed by atoms with Gasteiger partial charge in [0, 0.05) is 19.7 Å². The molecule has 0 aliphatic carbocycles. The molecule has 1 aromatic rings. The molecule has 0 bridgehead atoms. The molecule has 100 valence electrons. The first-order valence-corrected chi connectivity index (χ1v) is 5.63. The summed E-state index contributed by atoms with van der Waals surface area (Å²) in [5.74, 6) is 0.635. The average Bonchev–Trinajstić information content (AvgIpc) is 2.28. The molecule has 0 amide bonds. The van der Waals surface area contributed by atoms with Crippen LogP contribution in [0.5, 0.6) is 0 Å². The van der Waals surface area contributed by atoms with Crippen LogP contribution in [0.4, 0.5) is 17.3 Å². The van der Waals surface area contributed by atoms with Crippen LogP contribution >= 0.6 is 0 Å². The fraction of sp³-hybridized carbons (Fsp3) is 0.545. The van der Waals surface area contributed by atoms with E-state index >= 15 is 0 Å². The summed E-state index contributed by atoms with van der Waals surface area (Å²) < 4.78 is 5.02. The van der Waals surface area contributed by atoms with Crippen LogP contribution in [0.2, 0.25) is 0 Å². The van der Waals surface area contributed by atoms with Gasteiger partial charge in [0.25, 0.3) is 5.69 Å². The van der Waals surface area contributed by atoms with Crippen molar-refractivity contribution in [2.75, 3.05) is 30.9 Å². The predicted octanol–water partition coefficient (Wildman–Crippen LogP) is 1.43. The molecule has 0 radical (unpaired) electrons. The number of nitrogens with zero attached hydrogens (tertiary/aromatic N) is 3. The molecule has 0 aliphatic heterocycles. The van der Waals surface area contributed by atoms with E-state index in [0.717, 1.165) is 0 Å². The Bertz CT molecular complexity index is 423. The molecular weight excluding hydrogens is 236 g/mol. The molecule has 0 unspecified atom stereocenters. The van der Waals surface area contributed by atoms with E-state index in [-0.39, 0.29) is 17.5 Å². The maximum atomic E-state index is 10.8. The average molecular weight is 254 g/mol. The third-order valence-corrected chi connectivity index (χ3v) is 2.48. The molecule has 18 heavy (non-hydrogen) atoms. The maximum Gasteiger partial charge on any atom is 0.276 e. The third-order valence-electron chi connectivity index (χ3n) is 2.48. The zero-order chi connectivity index (χ0) is 13.7. The SMILES string of the molecule is COCCN(c1cc([N+](=O)[O-])cc(N)n1)C(C)C. The Labute approximate surface area is 106 Å². The highest BCUT2D eigenvalue weighted by Gasteiger charge is 2.17. The van der Waals surface area contributed by atoms with E-state index in [1.807, 2.05) is 18.7 Å². The molecule has 0 aromatic carbocycles. The molecule has 1 heterocycles. The predicted molar refractivity (Wildman–Crippen MR) is 69.7 cm³/mol.